The Balaban J connectivity index is 2.27. The van der Waals surface area contributed by atoms with Gasteiger partial charge in [-0.3, -0.25) is 4.79 Å². The number of ketones is 1. The van der Waals surface area contributed by atoms with Gasteiger partial charge in [0, 0.05) is 0 Å². The van der Waals surface area contributed by atoms with Crippen molar-refractivity contribution in [2.75, 3.05) is 11.5 Å². The van der Waals surface area contributed by atoms with Gasteiger partial charge in [0.25, 0.3) is 0 Å². The summed E-state index contributed by atoms with van der Waals surface area (Å²) in [6, 6.07) is 3.44. The highest BCUT2D eigenvalue weighted by atomic mass is 32.2. The Morgan fingerprint density at radius 1 is 1.62 bits per heavy atom. The third kappa shape index (κ3) is 3.68. The second kappa shape index (κ2) is 5.12. The Hall–Kier alpha value is -0.700. The Labute approximate surface area is 82.7 Å². The van der Waals surface area contributed by atoms with Gasteiger partial charge in [0.15, 0.2) is 5.76 Å². The van der Waals surface area contributed by atoms with E-state index in [1.165, 1.54) is 6.26 Å². The summed E-state index contributed by atoms with van der Waals surface area (Å²) in [5.41, 5.74) is 0. The van der Waals surface area contributed by atoms with E-state index in [0.717, 1.165) is 5.75 Å². The Morgan fingerprint density at radius 3 is 2.92 bits per heavy atom. The van der Waals surface area contributed by atoms with E-state index in [1.54, 1.807) is 23.9 Å². The summed E-state index contributed by atoms with van der Waals surface area (Å²) in [6.45, 7) is 4.29. The molecule has 0 aliphatic heterocycles. The summed E-state index contributed by atoms with van der Waals surface area (Å²) >= 11 is 1.66. The summed E-state index contributed by atoms with van der Waals surface area (Å²) in [5, 5.41) is 0. The molecule has 1 heterocycles. The van der Waals surface area contributed by atoms with Crippen LogP contribution in [0.3, 0.4) is 0 Å². The Bertz CT molecular complexity index is 252. The zero-order valence-electron chi connectivity index (χ0n) is 7.95. The van der Waals surface area contributed by atoms with E-state index in [2.05, 4.69) is 13.8 Å². The predicted molar refractivity (Wildman–Crippen MR) is 55.2 cm³/mol. The first-order chi connectivity index (χ1) is 6.20. The maximum Gasteiger partial charge on any atom is 0.207 e. The van der Waals surface area contributed by atoms with Crippen molar-refractivity contribution in [1.29, 1.82) is 0 Å². The first-order valence-electron chi connectivity index (χ1n) is 4.34. The largest absolute Gasteiger partial charge is 0.461 e. The van der Waals surface area contributed by atoms with E-state index in [1.807, 2.05) is 0 Å². The maximum absolute atomic E-state index is 11.4. The highest BCUT2D eigenvalue weighted by Crippen LogP contribution is 2.11. The molecule has 0 aromatic carbocycles. The van der Waals surface area contributed by atoms with Crippen molar-refractivity contribution < 1.29 is 9.21 Å². The van der Waals surface area contributed by atoms with Gasteiger partial charge >= 0.3 is 0 Å². The molecule has 0 saturated carbocycles. The molecule has 0 bridgehead atoms. The fraction of sp³-hybridized carbons (Fsp3) is 0.500. The lowest BCUT2D eigenvalue weighted by Gasteiger charge is -2.01. The summed E-state index contributed by atoms with van der Waals surface area (Å²) in [7, 11) is 0. The number of hydrogen-bond donors (Lipinski definition) is 0. The molecule has 0 aliphatic rings. The van der Waals surface area contributed by atoms with Crippen LogP contribution in [0.2, 0.25) is 0 Å². The van der Waals surface area contributed by atoms with Crippen LogP contribution in [0.25, 0.3) is 0 Å². The first-order valence-corrected chi connectivity index (χ1v) is 5.50. The molecule has 0 radical (unpaired) electrons. The van der Waals surface area contributed by atoms with Crippen LogP contribution in [0.5, 0.6) is 0 Å². The molecule has 2 nitrogen and oxygen atoms in total. The van der Waals surface area contributed by atoms with Gasteiger partial charge in [-0.2, -0.15) is 11.8 Å². The molecule has 0 saturated heterocycles. The number of furan rings is 1. The second-order valence-corrected chi connectivity index (χ2v) is 4.34. The number of carbonyl (C=O) groups excluding carboxylic acids is 1. The average molecular weight is 198 g/mol. The molecule has 0 atom stereocenters. The summed E-state index contributed by atoms with van der Waals surface area (Å²) in [4.78, 5) is 11.4. The number of hydrogen-bond acceptors (Lipinski definition) is 3. The monoisotopic (exact) mass is 198 g/mol. The fourth-order valence-electron chi connectivity index (χ4n) is 0.896. The fourth-order valence-corrected chi connectivity index (χ4v) is 1.81. The number of rotatable bonds is 5. The minimum Gasteiger partial charge on any atom is -0.461 e. The maximum atomic E-state index is 11.4. The highest BCUT2D eigenvalue weighted by molar-refractivity contribution is 7.99. The van der Waals surface area contributed by atoms with Crippen LogP contribution in [0.1, 0.15) is 24.4 Å². The molecule has 1 aromatic heterocycles. The van der Waals surface area contributed by atoms with Gasteiger partial charge in [-0.05, 0) is 23.8 Å². The molecule has 0 amide bonds. The van der Waals surface area contributed by atoms with Crippen LogP contribution in [-0.4, -0.2) is 17.3 Å². The zero-order chi connectivity index (χ0) is 9.68. The summed E-state index contributed by atoms with van der Waals surface area (Å²) < 4.78 is 4.99. The van der Waals surface area contributed by atoms with Gasteiger partial charge in [0.05, 0.1) is 12.0 Å². The molecular weight excluding hydrogens is 184 g/mol. The van der Waals surface area contributed by atoms with Crippen LogP contribution < -0.4 is 0 Å². The van der Waals surface area contributed by atoms with Crippen LogP contribution in [-0.2, 0) is 0 Å². The number of carbonyl (C=O) groups is 1. The highest BCUT2D eigenvalue weighted by Gasteiger charge is 2.08. The Kier molecular flexibility index (Phi) is 4.09. The van der Waals surface area contributed by atoms with Crippen molar-refractivity contribution in [2.24, 2.45) is 5.92 Å². The smallest absolute Gasteiger partial charge is 0.207 e. The van der Waals surface area contributed by atoms with Gasteiger partial charge in [-0.25, -0.2) is 0 Å². The molecule has 3 heteroatoms. The number of Topliss-reactive ketones (excluding diaryl/α,β-unsaturated/α-hetero) is 1. The lowest BCUT2D eigenvalue weighted by atomic mass is 10.3. The molecule has 0 aliphatic carbocycles. The molecule has 0 spiro atoms. The third-order valence-electron chi connectivity index (χ3n) is 1.48. The van der Waals surface area contributed by atoms with Crippen molar-refractivity contribution in [2.45, 2.75) is 13.8 Å². The lowest BCUT2D eigenvalue weighted by Crippen LogP contribution is -2.03. The zero-order valence-corrected chi connectivity index (χ0v) is 8.76. The van der Waals surface area contributed by atoms with Crippen LogP contribution >= 0.6 is 11.8 Å². The van der Waals surface area contributed by atoms with Crippen LogP contribution in [0.15, 0.2) is 22.8 Å². The topological polar surface area (TPSA) is 30.2 Å². The molecule has 72 valence electrons. The SMILES string of the molecule is CC(C)CSCC(=O)c1ccco1. The van der Waals surface area contributed by atoms with E-state index < -0.39 is 0 Å². The molecular formula is C10H14O2S. The standard InChI is InChI=1S/C10H14O2S/c1-8(2)6-13-7-9(11)10-4-3-5-12-10/h3-5,8H,6-7H2,1-2H3. The Morgan fingerprint density at radius 2 is 2.38 bits per heavy atom. The van der Waals surface area contributed by atoms with Gasteiger partial charge < -0.3 is 4.42 Å². The van der Waals surface area contributed by atoms with Gasteiger partial charge in [-0.1, -0.05) is 13.8 Å². The minimum absolute atomic E-state index is 0.0793. The quantitative estimate of drug-likeness (QED) is 0.681. The average Bonchev–Trinajstić information content (AvgIpc) is 2.55. The van der Waals surface area contributed by atoms with Crippen molar-refractivity contribution in [3.8, 4) is 0 Å². The molecule has 0 unspecified atom stereocenters. The number of thioether (sulfide) groups is 1. The van der Waals surface area contributed by atoms with Crippen molar-refractivity contribution >= 4 is 17.5 Å². The van der Waals surface area contributed by atoms with Crippen molar-refractivity contribution in [3.05, 3.63) is 24.2 Å². The molecule has 1 rings (SSSR count). The van der Waals surface area contributed by atoms with Crippen LogP contribution in [0, 0.1) is 5.92 Å². The molecule has 0 N–H and O–H groups in total. The van der Waals surface area contributed by atoms with Gasteiger partial charge in [0.1, 0.15) is 0 Å². The van der Waals surface area contributed by atoms with E-state index in [-0.39, 0.29) is 5.78 Å². The van der Waals surface area contributed by atoms with Gasteiger partial charge in [0.2, 0.25) is 5.78 Å². The molecule has 13 heavy (non-hydrogen) atoms. The summed E-state index contributed by atoms with van der Waals surface area (Å²) in [5.74, 6) is 2.72. The molecule has 1 aromatic rings. The lowest BCUT2D eigenvalue weighted by molar-refractivity contribution is 0.0992. The minimum atomic E-state index is 0.0793. The van der Waals surface area contributed by atoms with Gasteiger partial charge in [-0.15, -0.1) is 0 Å². The predicted octanol–water partition coefficient (Wildman–Crippen LogP) is 2.85. The van der Waals surface area contributed by atoms with E-state index >= 15 is 0 Å². The van der Waals surface area contributed by atoms with Crippen molar-refractivity contribution in [3.63, 3.8) is 0 Å². The third-order valence-corrected chi connectivity index (χ3v) is 2.85. The van der Waals surface area contributed by atoms with Crippen molar-refractivity contribution in [1.82, 2.24) is 0 Å². The normalized spacial score (nSPS) is 10.7. The molecule has 0 fully saturated rings. The van der Waals surface area contributed by atoms with E-state index in [4.69, 9.17) is 4.42 Å². The van der Waals surface area contributed by atoms with E-state index in [0.29, 0.717) is 17.4 Å². The summed E-state index contributed by atoms with van der Waals surface area (Å²) in [6.07, 6.45) is 1.53. The second-order valence-electron chi connectivity index (χ2n) is 3.31. The first kappa shape index (κ1) is 10.4. The van der Waals surface area contributed by atoms with E-state index in [9.17, 15) is 4.79 Å². The van der Waals surface area contributed by atoms with Crippen LogP contribution in [0.4, 0.5) is 0 Å².